The highest BCUT2D eigenvalue weighted by Crippen LogP contribution is 2.38. The van der Waals surface area contributed by atoms with Crippen LogP contribution in [-0.4, -0.2) is 38.6 Å². The summed E-state index contributed by atoms with van der Waals surface area (Å²) in [6, 6.07) is 3.28. The molecule has 3 N–H and O–H groups in total. The van der Waals surface area contributed by atoms with Crippen LogP contribution in [0.5, 0.6) is 5.75 Å². The van der Waals surface area contributed by atoms with Crippen molar-refractivity contribution in [3.8, 4) is 5.75 Å². The van der Waals surface area contributed by atoms with Crippen molar-refractivity contribution in [1.29, 1.82) is 0 Å². The van der Waals surface area contributed by atoms with E-state index in [1.165, 1.54) is 0 Å². The third kappa shape index (κ3) is 5.68. The van der Waals surface area contributed by atoms with E-state index in [1.807, 2.05) is 19.9 Å². The Hall–Kier alpha value is -2.11. The van der Waals surface area contributed by atoms with Gasteiger partial charge in [0.25, 0.3) is 0 Å². The van der Waals surface area contributed by atoms with Crippen molar-refractivity contribution in [1.82, 2.24) is 0 Å². The van der Waals surface area contributed by atoms with Gasteiger partial charge in [0.15, 0.2) is 0 Å². The summed E-state index contributed by atoms with van der Waals surface area (Å²) in [6.07, 6.45) is 6.30. The largest absolute Gasteiger partial charge is 0.486 e. The van der Waals surface area contributed by atoms with Crippen LogP contribution in [0.3, 0.4) is 0 Å². The molecule has 27 heavy (non-hydrogen) atoms. The minimum atomic E-state index is -1.14. The molecule has 1 aromatic carbocycles. The first-order valence-electron chi connectivity index (χ1n) is 9.20. The number of carboxylic acids is 1. The second-order valence-corrected chi connectivity index (χ2v) is 8.34. The Morgan fingerprint density at radius 1 is 1.26 bits per heavy atom. The van der Waals surface area contributed by atoms with Crippen molar-refractivity contribution in [3.05, 3.63) is 52.6 Å². The number of ether oxygens (including phenoxy) is 1. The third-order valence-corrected chi connectivity index (χ3v) is 4.64. The average molecular weight is 374 g/mol. The molecule has 0 aliphatic carbocycles. The van der Waals surface area contributed by atoms with Crippen LogP contribution in [0.15, 0.2) is 35.9 Å². The van der Waals surface area contributed by atoms with Gasteiger partial charge in [0.05, 0.1) is 11.2 Å². The third-order valence-electron chi connectivity index (χ3n) is 4.64. The predicted molar refractivity (Wildman–Crippen MR) is 105 cm³/mol. The lowest BCUT2D eigenvalue weighted by Gasteiger charge is -2.28. The van der Waals surface area contributed by atoms with Crippen LogP contribution in [0.25, 0.3) is 0 Å². The molecule has 0 amide bonds. The number of aliphatic hydroxyl groups is 2. The van der Waals surface area contributed by atoms with Gasteiger partial charge < -0.3 is 20.1 Å². The van der Waals surface area contributed by atoms with Crippen molar-refractivity contribution < 1.29 is 24.9 Å². The van der Waals surface area contributed by atoms with Gasteiger partial charge in [-0.15, -0.1) is 0 Å². The molecule has 0 bridgehead atoms. The molecule has 0 fully saturated rings. The van der Waals surface area contributed by atoms with Crippen molar-refractivity contribution in [2.75, 3.05) is 0 Å². The van der Waals surface area contributed by atoms with E-state index in [9.17, 15) is 20.1 Å². The fraction of sp³-hybridized carbons (Fsp3) is 0.500. The number of benzene rings is 1. The Bertz CT molecular complexity index is 762. The normalized spacial score (nSPS) is 18.7. The van der Waals surface area contributed by atoms with Crippen LogP contribution in [0.1, 0.15) is 62.5 Å². The second-order valence-electron chi connectivity index (χ2n) is 8.34. The number of fused-ring (bicyclic) bond motifs is 1. The zero-order valence-corrected chi connectivity index (χ0v) is 16.7. The fourth-order valence-electron chi connectivity index (χ4n) is 3.09. The molecule has 148 valence electrons. The number of hydrogen-bond acceptors (Lipinski definition) is 4. The molecule has 0 unspecified atom stereocenters. The summed E-state index contributed by atoms with van der Waals surface area (Å²) in [5.74, 6) is -0.297. The summed E-state index contributed by atoms with van der Waals surface area (Å²) >= 11 is 0. The quantitative estimate of drug-likeness (QED) is 0.634. The molecule has 5 heteroatoms. The maximum atomic E-state index is 11.5. The Morgan fingerprint density at radius 3 is 2.48 bits per heavy atom. The van der Waals surface area contributed by atoms with Gasteiger partial charge in [-0.1, -0.05) is 23.8 Å². The van der Waals surface area contributed by atoms with Crippen molar-refractivity contribution in [2.24, 2.45) is 0 Å². The lowest BCUT2D eigenvalue weighted by Crippen LogP contribution is -2.42. The van der Waals surface area contributed by atoms with E-state index in [0.717, 1.165) is 16.7 Å². The average Bonchev–Trinajstić information content (AvgIpc) is 2.95. The summed E-state index contributed by atoms with van der Waals surface area (Å²) in [5.41, 5.74) is 0.918. The Balaban J connectivity index is 2.28. The highest BCUT2D eigenvalue weighted by atomic mass is 16.5. The van der Waals surface area contributed by atoms with Gasteiger partial charge in [-0.2, -0.15) is 0 Å². The van der Waals surface area contributed by atoms with E-state index in [4.69, 9.17) is 4.74 Å². The van der Waals surface area contributed by atoms with Crippen LogP contribution in [0.2, 0.25) is 0 Å². The van der Waals surface area contributed by atoms with E-state index in [2.05, 4.69) is 0 Å². The van der Waals surface area contributed by atoms with E-state index >= 15 is 0 Å². The Labute approximate surface area is 161 Å². The van der Waals surface area contributed by atoms with Gasteiger partial charge in [-0.3, -0.25) is 0 Å². The molecule has 1 heterocycles. The molecule has 0 radical (unpaired) electrons. The van der Waals surface area contributed by atoms with Crippen LogP contribution >= 0.6 is 0 Å². The number of allylic oxidation sites excluding steroid dienone is 2. The minimum absolute atomic E-state index is 0.233. The number of aromatic carboxylic acids is 1. The molecule has 5 nitrogen and oxygen atoms in total. The van der Waals surface area contributed by atoms with Crippen LogP contribution < -0.4 is 4.74 Å². The smallest absolute Gasteiger partial charge is 0.335 e. The number of hydrogen-bond donors (Lipinski definition) is 3. The van der Waals surface area contributed by atoms with Crippen molar-refractivity contribution >= 4 is 5.97 Å². The molecule has 0 spiro atoms. The van der Waals surface area contributed by atoms with Gasteiger partial charge >= 0.3 is 5.97 Å². The maximum Gasteiger partial charge on any atom is 0.335 e. The molecule has 2 rings (SSSR count). The summed E-state index contributed by atoms with van der Waals surface area (Å²) in [4.78, 5) is 11.5. The van der Waals surface area contributed by atoms with Gasteiger partial charge in [0, 0.05) is 6.42 Å². The lowest BCUT2D eigenvalue weighted by molar-refractivity contribution is -0.0359. The van der Waals surface area contributed by atoms with Crippen LogP contribution in [0, 0.1) is 0 Å². The molecular formula is C22H30O5. The molecule has 0 aromatic heterocycles. The first-order chi connectivity index (χ1) is 12.4. The summed E-state index contributed by atoms with van der Waals surface area (Å²) < 4.78 is 6.08. The number of rotatable bonds is 7. The first kappa shape index (κ1) is 21.2. The fourth-order valence-corrected chi connectivity index (χ4v) is 3.09. The number of carboxylic acid groups (broad SMARTS) is 1. The SMILES string of the molecule is CC(C)=CCc1cc(C(=O)O)cc2c1O[C@H]([C@@](C)(O)CC=CC(C)(C)O)C2. The number of carbonyl (C=O) groups is 1. The minimum Gasteiger partial charge on any atom is -0.486 e. The van der Waals surface area contributed by atoms with Gasteiger partial charge in [0.2, 0.25) is 0 Å². The molecule has 0 saturated carbocycles. The second kappa shape index (κ2) is 7.87. The molecule has 2 atom stereocenters. The van der Waals surface area contributed by atoms with Crippen molar-refractivity contribution in [2.45, 2.75) is 71.2 Å². The Morgan fingerprint density at radius 2 is 1.93 bits per heavy atom. The van der Waals surface area contributed by atoms with Gasteiger partial charge in [-0.05, 0) is 70.7 Å². The monoisotopic (exact) mass is 374 g/mol. The van der Waals surface area contributed by atoms with Crippen LogP contribution in [-0.2, 0) is 12.8 Å². The highest BCUT2D eigenvalue weighted by Gasteiger charge is 2.39. The van der Waals surface area contributed by atoms with Crippen LogP contribution in [0.4, 0.5) is 0 Å². The molecular weight excluding hydrogens is 344 g/mol. The topological polar surface area (TPSA) is 87.0 Å². The summed E-state index contributed by atoms with van der Waals surface area (Å²) in [6.45, 7) is 9.02. The standard InChI is InChI=1S/C22H30O5/c1-14(2)7-8-15-11-17(20(23)24)12-16-13-18(27-19(15)16)22(5,26)10-6-9-21(3,4)25/h6-7,9,11-12,18,25-26H,8,10,13H2,1-5H3,(H,23,24)/t18-,22-/m0/s1. The molecule has 0 saturated heterocycles. The highest BCUT2D eigenvalue weighted by molar-refractivity contribution is 5.88. The predicted octanol–water partition coefficient (Wildman–Crippen LogP) is 3.67. The zero-order chi connectivity index (χ0) is 20.4. The summed E-state index contributed by atoms with van der Waals surface area (Å²) in [5, 5.41) is 30.1. The zero-order valence-electron chi connectivity index (χ0n) is 16.7. The summed E-state index contributed by atoms with van der Waals surface area (Å²) in [7, 11) is 0. The lowest BCUT2D eigenvalue weighted by atomic mass is 9.90. The van der Waals surface area contributed by atoms with Gasteiger partial charge in [0.1, 0.15) is 17.5 Å². The van der Waals surface area contributed by atoms with E-state index in [1.54, 1.807) is 45.1 Å². The molecule has 1 aliphatic heterocycles. The molecule has 1 aliphatic rings. The van der Waals surface area contributed by atoms with Crippen molar-refractivity contribution in [3.63, 3.8) is 0 Å². The van der Waals surface area contributed by atoms with Gasteiger partial charge in [-0.25, -0.2) is 4.79 Å². The Kier molecular flexibility index (Phi) is 6.17. The van der Waals surface area contributed by atoms with E-state index in [-0.39, 0.29) is 5.56 Å². The maximum absolute atomic E-state index is 11.5. The molecule has 1 aromatic rings. The van der Waals surface area contributed by atoms with E-state index in [0.29, 0.717) is 25.0 Å². The first-order valence-corrected chi connectivity index (χ1v) is 9.20. The van der Waals surface area contributed by atoms with E-state index < -0.39 is 23.3 Å².